The predicted octanol–water partition coefficient (Wildman–Crippen LogP) is 0.143. The molecule has 0 saturated carbocycles. The van der Waals surface area contributed by atoms with Crippen molar-refractivity contribution in [2.45, 2.75) is 19.9 Å². The smallest absolute Gasteiger partial charge is 0.309 e. The molecule has 2 unspecified atom stereocenters. The Balaban J connectivity index is 3.72. The number of ether oxygens (including phenoxy) is 1. The van der Waals surface area contributed by atoms with E-state index in [1.54, 1.807) is 13.8 Å². The Morgan fingerprint density at radius 3 is 2.11 bits per heavy atom. The molecule has 0 rings (SSSR count). The maximum atomic E-state index is 10.7. The molecule has 9 heavy (non-hydrogen) atoms. The Morgan fingerprint density at radius 2 is 2.00 bits per heavy atom. The second kappa shape index (κ2) is 3.45. The highest BCUT2D eigenvalue weighted by molar-refractivity contribution is 5.72. The second-order valence-electron chi connectivity index (χ2n) is 2.17. The highest BCUT2D eigenvalue weighted by Gasteiger charge is 2.16. The zero-order chi connectivity index (χ0) is 7.44. The van der Waals surface area contributed by atoms with E-state index in [1.807, 2.05) is 0 Å². The zero-order valence-corrected chi connectivity index (χ0v) is 6.05. The van der Waals surface area contributed by atoms with Crippen molar-refractivity contribution in [3.8, 4) is 0 Å². The van der Waals surface area contributed by atoms with E-state index in [9.17, 15) is 4.79 Å². The summed E-state index contributed by atoms with van der Waals surface area (Å²) in [6.45, 7) is 3.53. The second-order valence-corrected chi connectivity index (χ2v) is 2.17. The number of methoxy groups -OCH3 is 1. The molecule has 0 amide bonds. The molecule has 0 aliphatic heterocycles. The van der Waals surface area contributed by atoms with E-state index in [2.05, 4.69) is 4.74 Å². The molecule has 2 N–H and O–H groups in total. The van der Waals surface area contributed by atoms with Gasteiger partial charge in [0.2, 0.25) is 0 Å². The van der Waals surface area contributed by atoms with Crippen LogP contribution in [0.3, 0.4) is 0 Å². The third kappa shape index (κ3) is 2.46. The molecule has 3 heteroatoms. The van der Waals surface area contributed by atoms with Crippen LogP contribution in [-0.4, -0.2) is 19.1 Å². The van der Waals surface area contributed by atoms with Gasteiger partial charge in [-0.3, -0.25) is 4.79 Å². The van der Waals surface area contributed by atoms with Gasteiger partial charge in [0.25, 0.3) is 0 Å². The summed E-state index contributed by atoms with van der Waals surface area (Å²) in [5.41, 5.74) is 5.41. The number of esters is 1. The van der Waals surface area contributed by atoms with Crippen molar-refractivity contribution in [1.29, 1.82) is 0 Å². The lowest BCUT2D eigenvalue weighted by Gasteiger charge is -2.11. The number of hydrogen-bond acceptors (Lipinski definition) is 3. The number of rotatable bonds is 2. The fourth-order valence-electron chi connectivity index (χ4n) is 0.401. The van der Waals surface area contributed by atoms with Gasteiger partial charge in [0.05, 0.1) is 13.0 Å². The maximum absolute atomic E-state index is 10.7. The third-order valence-corrected chi connectivity index (χ3v) is 1.36. The zero-order valence-electron chi connectivity index (χ0n) is 6.05. The van der Waals surface area contributed by atoms with Crippen molar-refractivity contribution in [2.75, 3.05) is 7.11 Å². The fraction of sp³-hybridized carbons (Fsp3) is 0.833. The van der Waals surface area contributed by atoms with Crippen molar-refractivity contribution >= 4 is 5.97 Å². The third-order valence-electron chi connectivity index (χ3n) is 1.36. The minimum absolute atomic E-state index is 0.127. The molecule has 0 spiro atoms. The molecule has 0 heterocycles. The van der Waals surface area contributed by atoms with E-state index < -0.39 is 0 Å². The monoisotopic (exact) mass is 131 g/mol. The first-order chi connectivity index (χ1) is 4.09. The molecular formula is C6H13NO2. The molecule has 0 aromatic heterocycles. The van der Waals surface area contributed by atoms with E-state index in [-0.39, 0.29) is 17.9 Å². The lowest BCUT2D eigenvalue weighted by molar-refractivity contribution is -0.145. The van der Waals surface area contributed by atoms with Gasteiger partial charge in [-0.1, -0.05) is 6.92 Å². The van der Waals surface area contributed by atoms with Crippen molar-refractivity contribution in [1.82, 2.24) is 0 Å². The van der Waals surface area contributed by atoms with Gasteiger partial charge in [-0.15, -0.1) is 0 Å². The molecule has 54 valence electrons. The molecule has 0 saturated heterocycles. The average Bonchev–Trinajstić information content (AvgIpc) is 1.84. The minimum atomic E-state index is -0.245. The fourth-order valence-corrected chi connectivity index (χ4v) is 0.401. The Bertz CT molecular complexity index is 101. The van der Waals surface area contributed by atoms with Crippen molar-refractivity contribution in [3.05, 3.63) is 0 Å². The summed E-state index contributed by atoms with van der Waals surface area (Å²) < 4.78 is 4.45. The van der Waals surface area contributed by atoms with E-state index in [4.69, 9.17) is 5.73 Å². The summed E-state index contributed by atoms with van der Waals surface area (Å²) >= 11 is 0. The van der Waals surface area contributed by atoms with E-state index in [0.717, 1.165) is 0 Å². The van der Waals surface area contributed by atoms with E-state index in [1.165, 1.54) is 7.11 Å². The Labute approximate surface area is 55.2 Å². The first-order valence-corrected chi connectivity index (χ1v) is 2.93. The van der Waals surface area contributed by atoms with E-state index in [0.29, 0.717) is 0 Å². The standard InChI is InChI=1S/C6H13NO2/c1-4(5(2)7)6(8)9-3/h4-5H,7H2,1-3H3. The van der Waals surface area contributed by atoms with Crippen LogP contribution < -0.4 is 5.73 Å². The Morgan fingerprint density at radius 1 is 1.56 bits per heavy atom. The molecule has 0 aliphatic carbocycles. The lowest BCUT2D eigenvalue weighted by atomic mass is 10.1. The van der Waals surface area contributed by atoms with Crippen molar-refractivity contribution < 1.29 is 9.53 Å². The number of hydrogen-bond donors (Lipinski definition) is 1. The minimum Gasteiger partial charge on any atom is -0.469 e. The Hall–Kier alpha value is -0.570. The number of carbonyl (C=O) groups excluding carboxylic acids is 1. The van der Waals surface area contributed by atoms with Crippen molar-refractivity contribution in [2.24, 2.45) is 11.7 Å². The van der Waals surface area contributed by atoms with Crippen LogP contribution in [0.5, 0.6) is 0 Å². The van der Waals surface area contributed by atoms with Gasteiger partial charge in [-0.25, -0.2) is 0 Å². The highest BCUT2D eigenvalue weighted by atomic mass is 16.5. The largest absolute Gasteiger partial charge is 0.469 e. The first-order valence-electron chi connectivity index (χ1n) is 2.93. The van der Waals surface area contributed by atoms with Gasteiger partial charge in [0, 0.05) is 6.04 Å². The van der Waals surface area contributed by atoms with Gasteiger partial charge in [0.1, 0.15) is 0 Å². The molecular weight excluding hydrogens is 118 g/mol. The van der Waals surface area contributed by atoms with Gasteiger partial charge in [-0.05, 0) is 6.92 Å². The van der Waals surface area contributed by atoms with Crippen LogP contribution in [0, 0.1) is 5.92 Å². The summed E-state index contributed by atoms with van der Waals surface area (Å²) in [5.74, 6) is -0.444. The molecule has 0 aliphatic rings. The van der Waals surface area contributed by atoms with Crippen LogP contribution >= 0.6 is 0 Å². The number of carbonyl (C=O) groups is 1. The lowest BCUT2D eigenvalue weighted by Crippen LogP contribution is -2.31. The molecule has 0 aromatic rings. The van der Waals surface area contributed by atoms with Crippen LogP contribution in [0.4, 0.5) is 0 Å². The van der Waals surface area contributed by atoms with Crippen LogP contribution in [0.1, 0.15) is 13.8 Å². The molecule has 0 bridgehead atoms. The van der Waals surface area contributed by atoms with Crippen LogP contribution in [0.25, 0.3) is 0 Å². The van der Waals surface area contributed by atoms with Gasteiger partial charge in [0.15, 0.2) is 0 Å². The van der Waals surface area contributed by atoms with Crippen LogP contribution in [0.2, 0.25) is 0 Å². The molecule has 2 atom stereocenters. The van der Waals surface area contributed by atoms with E-state index >= 15 is 0 Å². The van der Waals surface area contributed by atoms with Gasteiger partial charge in [-0.2, -0.15) is 0 Å². The summed E-state index contributed by atoms with van der Waals surface area (Å²) in [4.78, 5) is 10.7. The Kier molecular flexibility index (Phi) is 3.24. The normalized spacial score (nSPS) is 16.4. The summed E-state index contributed by atoms with van der Waals surface area (Å²) in [7, 11) is 1.36. The molecule has 0 radical (unpaired) electrons. The molecule has 3 nitrogen and oxygen atoms in total. The highest BCUT2D eigenvalue weighted by Crippen LogP contribution is 2.00. The average molecular weight is 131 g/mol. The SMILES string of the molecule is COC(=O)C(C)C(C)N. The van der Waals surface area contributed by atoms with Gasteiger partial charge < -0.3 is 10.5 Å². The first kappa shape index (κ1) is 8.43. The van der Waals surface area contributed by atoms with Crippen LogP contribution in [-0.2, 0) is 9.53 Å². The predicted molar refractivity (Wildman–Crippen MR) is 34.8 cm³/mol. The van der Waals surface area contributed by atoms with Gasteiger partial charge >= 0.3 is 5.97 Å². The summed E-state index contributed by atoms with van der Waals surface area (Å²) in [6.07, 6.45) is 0. The van der Waals surface area contributed by atoms with Crippen LogP contribution in [0.15, 0.2) is 0 Å². The number of nitrogens with two attached hydrogens (primary N) is 1. The molecule has 0 fully saturated rings. The topological polar surface area (TPSA) is 52.3 Å². The van der Waals surface area contributed by atoms with Crippen molar-refractivity contribution in [3.63, 3.8) is 0 Å². The summed E-state index contributed by atoms with van der Waals surface area (Å²) in [5, 5.41) is 0. The summed E-state index contributed by atoms with van der Waals surface area (Å²) in [6, 6.07) is -0.127. The molecule has 0 aromatic carbocycles. The quantitative estimate of drug-likeness (QED) is 0.542. The maximum Gasteiger partial charge on any atom is 0.309 e.